The number of hydrogen-bond acceptors (Lipinski definition) is 5. The van der Waals surface area contributed by atoms with Gasteiger partial charge < -0.3 is 15.5 Å². The van der Waals surface area contributed by atoms with Crippen LogP contribution in [-0.4, -0.2) is 51.8 Å². The molecule has 0 aliphatic carbocycles. The van der Waals surface area contributed by atoms with Crippen molar-refractivity contribution < 1.29 is 14.4 Å². The van der Waals surface area contributed by atoms with E-state index in [2.05, 4.69) is 15.6 Å². The molecule has 1 aromatic carbocycles. The second-order valence-corrected chi connectivity index (χ2v) is 8.26. The summed E-state index contributed by atoms with van der Waals surface area (Å²) in [6, 6.07) is 8.95. The minimum absolute atomic E-state index is 0.0794. The van der Waals surface area contributed by atoms with Crippen LogP contribution in [0.5, 0.6) is 0 Å². The van der Waals surface area contributed by atoms with Gasteiger partial charge in [-0.05, 0) is 37.6 Å². The summed E-state index contributed by atoms with van der Waals surface area (Å²) in [5, 5.41) is 8.39. The van der Waals surface area contributed by atoms with Crippen molar-refractivity contribution in [2.45, 2.75) is 20.4 Å². The Hall–Kier alpha value is -3.46. The quantitative estimate of drug-likeness (QED) is 0.639. The van der Waals surface area contributed by atoms with E-state index in [1.807, 2.05) is 42.0 Å². The minimum atomic E-state index is -0.167. The number of hydrogen-bond donors (Lipinski definition) is 2. The maximum absolute atomic E-state index is 12.7. The fourth-order valence-corrected chi connectivity index (χ4v) is 4.40. The zero-order valence-electron chi connectivity index (χ0n) is 17.3. The van der Waals surface area contributed by atoms with Crippen LogP contribution in [0.2, 0.25) is 0 Å². The molecule has 1 saturated heterocycles. The zero-order chi connectivity index (χ0) is 22.0. The minimum Gasteiger partial charge on any atom is -0.353 e. The molecule has 3 heterocycles. The maximum Gasteiger partial charge on any atom is 0.254 e. The smallest absolute Gasteiger partial charge is 0.254 e. The molecule has 0 bridgehead atoms. The Morgan fingerprint density at radius 3 is 2.68 bits per heavy atom. The largest absolute Gasteiger partial charge is 0.353 e. The third kappa shape index (κ3) is 4.36. The predicted octanol–water partition coefficient (Wildman–Crippen LogP) is 2.05. The molecule has 2 aromatic heterocycles. The van der Waals surface area contributed by atoms with E-state index in [1.165, 1.54) is 16.2 Å². The van der Waals surface area contributed by atoms with E-state index >= 15 is 0 Å². The number of nitrogens with one attached hydrogen (secondary N) is 2. The van der Waals surface area contributed by atoms with Gasteiger partial charge in [0.1, 0.15) is 0 Å². The molecule has 160 valence electrons. The van der Waals surface area contributed by atoms with Gasteiger partial charge in [-0.25, -0.2) is 4.98 Å². The first kappa shape index (κ1) is 20.8. The fraction of sp³-hybridized carbons (Fsp3) is 0.273. The molecular weight excluding hydrogens is 414 g/mol. The summed E-state index contributed by atoms with van der Waals surface area (Å²) in [4.78, 5) is 42.7. The molecule has 1 aliphatic rings. The molecule has 2 N–H and O–H groups in total. The Bertz CT molecular complexity index is 1120. The van der Waals surface area contributed by atoms with Gasteiger partial charge in [-0.3, -0.25) is 19.0 Å². The van der Waals surface area contributed by atoms with Crippen LogP contribution in [0.4, 0.5) is 0 Å². The number of thiazole rings is 1. The van der Waals surface area contributed by atoms with Gasteiger partial charge in [0.15, 0.2) is 5.13 Å². The Kier molecular flexibility index (Phi) is 5.85. The first-order valence-electron chi connectivity index (χ1n) is 9.96. The van der Waals surface area contributed by atoms with Crippen molar-refractivity contribution in [1.82, 2.24) is 25.1 Å². The van der Waals surface area contributed by atoms with Crippen LogP contribution >= 0.6 is 11.3 Å². The van der Waals surface area contributed by atoms with Crippen LogP contribution in [0.25, 0.3) is 5.13 Å². The number of piperazine rings is 1. The molecule has 31 heavy (non-hydrogen) atoms. The van der Waals surface area contributed by atoms with E-state index in [0.29, 0.717) is 30.8 Å². The maximum atomic E-state index is 12.7. The summed E-state index contributed by atoms with van der Waals surface area (Å²) in [6.45, 7) is 5.26. The zero-order valence-corrected chi connectivity index (χ0v) is 18.2. The molecule has 3 amide bonds. The molecule has 0 spiro atoms. The summed E-state index contributed by atoms with van der Waals surface area (Å²) in [5.41, 5.74) is 3.82. The number of aryl methyl sites for hydroxylation is 1. The number of rotatable bonds is 5. The van der Waals surface area contributed by atoms with Crippen molar-refractivity contribution in [3.8, 4) is 5.13 Å². The fourth-order valence-electron chi connectivity index (χ4n) is 3.65. The number of benzene rings is 1. The molecule has 0 saturated carbocycles. The summed E-state index contributed by atoms with van der Waals surface area (Å²) >= 11 is 1.52. The number of nitrogens with zero attached hydrogens (tertiary/aromatic N) is 3. The monoisotopic (exact) mass is 437 g/mol. The third-order valence-electron chi connectivity index (χ3n) is 5.27. The van der Waals surface area contributed by atoms with Gasteiger partial charge in [0, 0.05) is 48.2 Å². The SMILES string of the molecule is Cc1cc(C(=O)NCc2ccc(C(=O)N3CCNC(=O)C3)cc2)c(C)n1-c1nccs1. The first-order chi connectivity index (χ1) is 14.9. The van der Waals surface area contributed by atoms with Gasteiger partial charge in [-0.1, -0.05) is 12.1 Å². The summed E-state index contributed by atoms with van der Waals surface area (Å²) in [7, 11) is 0. The van der Waals surface area contributed by atoms with Crippen LogP contribution in [0.15, 0.2) is 41.9 Å². The topological polar surface area (TPSA) is 96.3 Å². The van der Waals surface area contributed by atoms with E-state index in [0.717, 1.165) is 22.1 Å². The second kappa shape index (κ2) is 8.73. The van der Waals surface area contributed by atoms with Gasteiger partial charge in [0.25, 0.3) is 11.8 Å². The average molecular weight is 438 g/mol. The standard InChI is InChI=1S/C22H23N5O3S/c1-14-11-18(15(2)27(14)22-24-8-10-31-22)20(29)25-12-16-3-5-17(6-4-16)21(30)26-9-7-23-19(28)13-26/h3-6,8,10-11H,7,9,12-13H2,1-2H3,(H,23,28)(H,25,29). The first-order valence-corrected chi connectivity index (χ1v) is 10.8. The van der Waals surface area contributed by atoms with Gasteiger partial charge >= 0.3 is 0 Å². The van der Waals surface area contributed by atoms with Crippen molar-refractivity contribution in [3.63, 3.8) is 0 Å². The molecule has 0 unspecified atom stereocenters. The van der Waals surface area contributed by atoms with Crippen LogP contribution in [0, 0.1) is 13.8 Å². The van der Waals surface area contributed by atoms with Gasteiger partial charge in [-0.2, -0.15) is 0 Å². The van der Waals surface area contributed by atoms with Crippen LogP contribution in [-0.2, 0) is 11.3 Å². The molecule has 1 aliphatic heterocycles. The van der Waals surface area contributed by atoms with E-state index in [9.17, 15) is 14.4 Å². The van der Waals surface area contributed by atoms with E-state index in [-0.39, 0.29) is 24.3 Å². The highest BCUT2D eigenvalue weighted by Gasteiger charge is 2.22. The summed E-state index contributed by atoms with van der Waals surface area (Å²) in [6.07, 6.45) is 1.74. The number of amides is 3. The van der Waals surface area contributed by atoms with Crippen molar-refractivity contribution in [2.75, 3.05) is 19.6 Å². The Morgan fingerprint density at radius 2 is 2.00 bits per heavy atom. The Morgan fingerprint density at radius 1 is 1.23 bits per heavy atom. The molecule has 3 aromatic rings. The highest BCUT2D eigenvalue weighted by molar-refractivity contribution is 7.12. The van der Waals surface area contributed by atoms with E-state index in [4.69, 9.17) is 0 Å². The van der Waals surface area contributed by atoms with Gasteiger partial charge in [0.2, 0.25) is 5.91 Å². The van der Waals surface area contributed by atoms with E-state index < -0.39 is 0 Å². The summed E-state index contributed by atoms with van der Waals surface area (Å²) in [5.74, 6) is -0.469. The van der Waals surface area contributed by atoms with Crippen LogP contribution in [0.1, 0.15) is 37.7 Å². The molecule has 9 heteroatoms. The molecule has 4 rings (SSSR count). The number of carbonyl (C=O) groups is 3. The lowest BCUT2D eigenvalue weighted by Crippen LogP contribution is -2.49. The van der Waals surface area contributed by atoms with Crippen molar-refractivity contribution >= 4 is 29.1 Å². The lowest BCUT2D eigenvalue weighted by Gasteiger charge is -2.26. The predicted molar refractivity (Wildman–Crippen MR) is 117 cm³/mol. The lowest BCUT2D eigenvalue weighted by atomic mass is 10.1. The van der Waals surface area contributed by atoms with Gasteiger partial charge in [-0.15, -0.1) is 11.3 Å². The molecule has 8 nitrogen and oxygen atoms in total. The summed E-state index contributed by atoms with van der Waals surface area (Å²) < 4.78 is 1.97. The molecule has 0 radical (unpaired) electrons. The van der Waals surface area contributed by atoms with Gasteiger partial charge in [0.05, 0.1) is 12.1 Å². The molecule has 1 fully saturated rings. The lowest BCUT2D eigenvalue weighted by molar-refractivity contribution is -0.123. The number of aromatic nitrogens is 2. The van der Waals surface area contributed by atoms with Crippen LogP contribution in [0.3, 0.4) is 0 Å². The Balaban J connectivity index is 1.40. The second-order valence-electron chi connectivity index (χ2n) is 7.39. The highest BCUT2D eigenvalue weighted by Crippen LogP contribution is 2.22. The van der Waals surface area contributed by atoms with Crippen molar-refractivity contribution in [3.05, 3.63) is 70.0 Å². The number of carbonyl (C=O) groups excluding carboxylic acids is 3. The molecule has 0 atom stereocenters. The van der Waals surface area contributed by atoms with Crippen molar-refractivity contribution in [1.29, 1.82) is 0 Å². The average Bonchev–Trinajstić information content (AvgIpc) is 3.39. The molecular formula is C22H23N5O3S. The van der Waals surface area contributed by atoms with E-state index in [1.54, 1.807) is 18.3 Å². The highest BCUT2D eigenvalue weighted by atomic mass is 32.1. The van der Waals surface area contributed by atoms with Crippen molar-refractivity contribution in [2.24, 2.45) is 0 Å². The Labute approximate surface area is 183 Å². The third-order valence-corrected chi connectivity index (χ3v) is 6.02. The van der Waals surface area contributed by atoms with Crippen LogP contribution < -0.4 is 10.6 Å². The normalized spacial score (nSPS) is 13.7.